The fraction of sp³-hybridized carbons (Fsp3) is 0.750. The van der Waals surface area contributed by atoms with E-state index in [1.165, 1.54) is 0 Å². The van der Waals surface area contributed by atoms with Gasteiger partial charge in [0.2, 0.25) is 0 Å². The van der Waals surface area contributed by atoms with Crippen LogP contribution in [0, 0.1) is 0 Å². The predicted octanol–water partition coefficient (Wildman–Crippen LogP) is -0.182. The van der Waals surface area contributed by atoms with Crippen LogP contribution in [-0.4, -0.2) is 55.2 Å². The van der Waals surface area contributed by atoms with E-state index in [1.807, 2.05) is 12.3 Å². The van der Waals surface area contributed by atoms with Crippen LogP contribution in [0.15, 0.2) is 12.3 Å². The number of ether oxygens (including phenoxy) is 1. The zero-order valence-electron chi connectivity index (χ0n) is 10.6. The van der Waals surface area contributed by atoms with Gasteiger partial charge in [0.25, 0.3) is 0 Å². The van der Waals surface area contributed by atoms with Crippen LogP contribution in [0.3, 0.4) is 0 Å². The lowest BCUT2D eigenvalue weighted by Crippen LogP contribution is -2.44. The standard InChI is InChI=1S/C12H21N5O/c1(10-9-18-6-5-14-10)3-15-12-2-4-16-17(12)11-7-13-8-11/h2,4,10-11,13-15H,1,3,5-9H2. The minimum atomic E-state index is 0.480. The van der Waals surface area contributed by atoms with Gasteiger partial charge in [-0.1, -0.05) is 0 Å². The summed E-state index contributed by atoms with van der Waals surface area (Å²) in [4.78, 5) is 0. The minimum Gasteiger partial charge on any atom is -0.379 e. The summed E-state index contributed by atoms with van der Waals surface area (Å²) < 4.78 is 7.53. The molecule has 0 amide bonds. The Bertz CT molecular complexity index is 370. The van der Waals surface area contributed by atoms with Crippen molar-refractivity contribution >= 4 is 5.82 Å². The molecule has 3 N–H and O–H groups in total. The normalized spacial score (nSPS) is 24.8. The molecule has 2 fully saturated rings. The molecule has 3 heterocycles. The highest BCUT2D eigenvalue weighted by atomic mass is 16.5. The van der Waals surface area contributed by atoms with E-state index in [1.54, 1.807) is 0 Å². The average Bonchev–Trinajstić information content (AvgIpc) is 2.77. The average molecular weight is 251 g/mol. The van der Waals surface area contributed by atoms with Crippen molar-refractivity contribution in [1.82, 2.24) is 20.4 Å². The SMILES string of the molecule is c1cc(NCCC2COCCN2)n(C2CNC2)n1. The monoisotopic (exact) mass is 251 g/mol. The molecule has 1 atom stereocenters. The molecule has 1 unspecified atom stereocenters. The lowest BCUT2D eigenvalue weighted by Gasteiger charge is -2.29. The van der Waals surface area contributed by atoms with Crippen molar-refractivity contribution in [1.29, 1.82) is 0 Å². The van der Waals surface area contributed by atoms with E-state index in [0.717, 1.165) is 51.6 Å². The van der Waals surface area contributed by atoms with E-state index in [9.17, 15) is 0 Å². The Morgan fingerprint density at radius 3 is 3.17 bits per heavy atom. The second kappa shape index (κ2) is 5.69. The number of nitrogens with zero attached hydrogens (tertiary/aromatic N) is 2. The van der Waals surface area contributed by atoms with Gasteiger partial charge in [-0.15, -0.1) is 0 Å². The lowest BCUT2D eigenvalue weighted by molar-refractivity contribution is 0.0753. The first kappa shape index (κ1) is 12.0. The van der Waals surface area contributed by atoms with Crippen LogP contribution >= 0.6 is 0 Å². The van der Waals surface area contributed by atoms with Crippen LogP contribution in [0.5, 0.6) is 0 Å². The molecule has 6 heteroatoms. The van der Waals surface area contributed by atoms with Crippen LogP contribution in [-0.2, 0) is 4.74 Å². The molecule has 18 heavy (non-hydrogen) atoms. The number of anilines is 1. The molecule has 0 saturated carbocycles. The Hall–Kier alpha value is -1.11. The fourth-order valence-corrected chi connectivity index (χ4v) is 2.37. The first-order valence-electron chi connectivity index (χ1n) is 6.73. The molecule has 1 aromatic rings. The third-order valence-electron chi connectivity index (χ3n) is 3.57. The van der Waals surface area contributed by atoms with E-state index in [0.29, 0.717) is 12.1 Å². The molecule has 0 spiro atoms. The number of hydrogen-bond donors (Lipinski definition) is 3. The first-order valence-corrected chi connectivity index (χ1v) is 6.73. The van der Waals surface area contributed by atoms with Crippen LogP contribution < -0.4 is 16.0 Å². The maximum absolute atomic E-state index is 5.44. The third kappa shape index (κ3) is 2.66. The van der Waals surface area contributed by atoms with E-state index in [2.05, 4.69) is 25.7 Å². The number of aromatic nitrogens is 2. The van der Waals surface area contributed by atoms with Gasteiger partial charge in [0.15, 0.2) is 0 Å². The van der Waals surface area contributed by atoms with Crippen LogP contribution in [0.4, 0.5) is 5.82 Å². The predicted molar refractivity (Wildman–Crippen MR) is 69.9 cm³/mol. The van der Waals surface area contributed by atoms with Gasteiger partial charge in [-0.2, -0.15) is 5.10 Å². The largest absolute Gasteiger partial charge is 0.379 e. The maximum atomic E-state index is 5.44. The Balaban J connectivity index is 1.46. The topological polar surface area (TPSA) is 63.1 Å². The van der Waals surface area contributed by atoms with Crippen molar-refractivity contribution < 1.29 is 4.74 Å². The molecule has 0 aliphatic carbocycles. The van der Waals surface area contributed by atoms with Crippen molar-refractivity contribution in [2.24, 2.45) is 0 Å². The molecule has 0 bridgehead atoms. The van der Waals surface area contributed by atoms with Gasteiger partial charge in [0.1, 0.15) is 5.82 Å². The quantitative estimate of drug-likeness (QED) is 0.677. The van der Waals surface area contributed by atoms with Crippen molar-refractivity contribution in [2.45, 2.75) is 18.5 Å². The Morgan fingerprint density at radius 1 is 1.50 bits per heavy atom. The summed E-state index contributed by atoms with van der Waals surface area (Å²) in [6.45, 7) is 5.63. The highest BCUT2D eigenvalue weighted by Crippen LogP contribution is 2.17. The first-order chi connectivity index (χ1) is 8.93. The Kier molecular flexibility index (Phi) is 3.78. The molecule has 0 radical (unpaired) electrons. The highest BCUT2D eigenvalue weighted by molar-refractivity contribution is 5.34. The number of nitrogens with one attached hydrogen (secondary N) is 3. The van der Waals surface area contributed by atoms with E-state index >= 15 is 0 Å². The van der Waals surface area contributed by atoms with Gasteiger partial charge < -0.3 is 20.7 Å². The summed E-state index contributed by atoms with van der Waals surface area (Å²) in [5.41, 5.74) is 0. The van der Waals surface area contributed by atoms with Gasteiger partial charge in [-0.25, -0.2) is 4.68 Å². The smallest absolute Gasteiger partial charge is 0.124 e. The Morgan fingerprint density at radius 2 is 2.44 bits per heavy atom. The van der Waals surface area contributed by atoms with Crippen LogP contribution in [0.2, 0.25) is 0 Å². The summed E-state index contributed by atoms with van der Waals surface area (Å²) in [6, 6.07) is 3.04. The molecular weight excluding hydrogens is 230 g/mol. The lowest BCUT2D eigenvalue weighted by atomic mass is 10.2. The van der Waals surface area contributed by atoms with Gasteiger partial charge in [0, 0.05) is 38.3 Å². The molecular formula is C12H21N5O. The van der Waals surface area contributed by atoms with Gasteiger partial charge in [-0.3, -0.25) is 0 Å². The van der Waals surface area contributed by atoms with E-state index < -0.39 is 0 Å². The van der Waals surface area contributed by atoms with Crippen molar-refractivity contribution in [3.63, 3.8) is 0 Å². The zero-order valence-corrected chi connectivity index (χ0v) is 10.6. The van der Waals surface area contributed by atoms with Crippen molar-refractivity contribution in [3.8, 4) is 0 Å². The van der Waals surface area contributed by atoms with E-state index in [-0.39, 0.29) is 0 Å². The van der Waals surface area contributed by atoms with Crippen LogP contribution in [0.25, 0.3) is 0 Å². The molecule has 2 aliphatic heterocycles. The van der Waals surface area contributed by atoms with Crippen molar-refractivity contribution in [3.05, 3.63) is 12.3 Å². The van der Waals surface area contributed by atoms with Gasteiger partial charge in [0.05, 0.1) is 25.5 Å². The number of morpholine rings is 1. The van der Waals surface area contributed by atoms with E-state index in [4.69, 9.17) is 4.74 Å². The van der Waals surface area contributed by atoms with Crippen LogP contribution in [0.1, 0.15) is 12.5 Å². The molecule has 3 rings (SSSR count). The molecule has 2 aliphatic rings. The van der Waals surface area contributed by atoms with Crippen molar-refractivity contribution in [2.75, 3.05) is 44.7 Å². The molecule has 0 aromatic carbocycles. The molecule has 2 saturated heterocycles. The Labute approximate surface area is 107 Å². The minimum absolute atomic E-state index is 0.480. The molecule has 100 valence electrons. The van der Waals surface area contributed by atoms with Gasteiger partial charge >= 0.3 is 0 Å². The summed E-state index contributed by atoms with van der Waals surface area (Å²) in [6.07, 6.45) is 2.94. The fourth-order valence-electron chi connectivity index (χ4n) is 2.37. The summed E-state index contributed by atoms with van der Waals surface area (Å²) in [5.74, 6) is 1.12. The summed E-state index contributed by atoms with van der Waals surface area (Å²) in [5, 5.41) is 14.6. The third-order valence-corrected chi connectivity index (χ3v) is 3.57. The summed E-state index contributed by atoms with van der Waals surface area (Å²) in [7, 11) is 0. The second-order valence-electron chi connectivity index (χ2n) is 4.91. The summed E-state index contributed by atoms with van der Waals surface area (Å²) >= 11 is 0. The van der Waals surface area contributed by atoms with Gasteiger partial charge in [-0.05, 0) is 6.42 Å². The zero-order chi connectivity index (χ0) is 12.2. The number of rotatable bonds is 5. The maximum Gasteiger partial charge on any atom is 0.124 e. The second-order valence-corrected chi connectivity index (χ2v) is 4.91. The molecule has 6 nitrogen and oxygen atoms in total. The highest BCUT2D eigenvalue weighted by Gasteiger charge is 2.21. The number of hydrogen-bond acceptors (Lipinski definition) is 5. The molecule has 1 aromatic heterocycles.